The first-order chi connectivity index (χ1) is 6.83. The summed E-state index contributed by atoms with van der Waals surface area (Å²) >= 11 is 0. The molecule has 0 heterocycles. The van der Waals surface area contributed by atoms with E-state index in [-0.39, 0.29) is 0 Å². The third-order valence-corrected chi connectivity index (χ3v) is 2.11. The van der Waals surface area contributed by atoms with E-state index < -0.39 is 0 Å². The van der Waals surface area contributed by atoms with Crippen LogP contribution in [0.1, 0.15) is 18.4 Å². The zero-order valence-electron chi connectivity index (χ0n) is 8.23. The Morgan fingerprint density at radius 1 is 1.21 bits per heavy atom. The Hall–Kier alpha value is -1.35. The van der Waals surface area contributed by atoms with E-state index >= 15 is 0 Å². The predicted molar refractivity (Wildman–Crippen MR) is 56.3 cm³/mol. The molecule has 0 aliphatic carbocycles. The van der Waals surface area contributed by atoms with Gasteiger partial charge in [0, 0.05) is 6.54 Å². The number of hydrogen-bond acceptors (Lipinski definition) is 2. The highest BCUT2D eigenvalue weighted by Gasteiger charge is 1.95. The molecule has 76 valence electrons. The van der Waals surface area contributed by atoms with Gasteiger partial charge in [-0.2, -0.15) is 0 Å². The monoisotopic (exact) mass is 192 g/mol. The van der Waals surface area contributed by atoms with Crippen molar-refractivity contribution in [3.8, 4) is 0 Å². The Bertz CT molecular complexity index is 261. The summed E-state index contributed by atoms with van der Waals surface area (Å²) in [5, 5.41) is 1.19. The summed E-state index contributed by atoms with van der Waals surface area (Å²) in [4.78, 5) is 10.2. The Balaban J connectivity index is 2.13. The summed E-state index contributed by atoms with van der Waals surface area (Å²) < 4.78 is 0. The summed E-state index contributed by atoms with van der Waals surface area (Å²) in [7, 11) is 0. The SMILES string of the molecule is NN(C=O)CCCCc1ccccc1. The van der Waals surface area contributed by atoms with Crippen LogP contribution in [0.2, 0.25) is 0 Å². The highest BCUT2D eigenvalue weighted by atomic mass is 16.1. The summed E-state index contributed by atoms with van der Waals surface area (Å²) in [5.41, 5.74) is 1.34. The van der Waals surface area contributed by atoms with E-state index in [0.29, 0.717) is 13.0 Å². The van der Waals surface area contributed by atoms with Crippen molar-refractivity contribution in [3.63, 3.8) is 0 Å². The number of carbonyl (C=O) groups is 1. The number of hydrogen-bond donors (Lipinski definition) is 1. The van der Waals surface area contributed by atoms with Gasteiger partial charge in [0.25, 0.3) is 0 Å². The van der Waals surface area contributed by atoms with Gasteiger partial charge in [-0.15, -0.1) is 0 Å². The maximum Gasteiger partial charge on any atom is 0.223 e. The second-order valence-electron chi connectivity index (χ2n) is 3.29. The lowest BCUT2D eigenvalue weighted by Crippen LogP contribution is -2.30. The first kappa shape index (κ1) is 10.7. The highest BCUT2D eigenvalue weighted by Crippen LogP contribution is 2.04. The number of rotatable bonds is 6. The fourth-order valence-electron chi connectivity index (χ4n) is 1.32. The molecule has 0 aromatic heterocycles. The van der Waals surface area contributed by atoms with Gasteiger partial charge >= 0.3 is 0 Å². The van der Waals surface area contributed by atoms with E-state index in [1.807, 2.05) is 18.2 Å². The Morgan fingerprint density at radius 2 is 1.93 bits per heavy atom. The van der Waals surface area contributed by atoms with Crippen molar-refractivity contribution < 1.29 is 4.79 Å². The molecule has 0 aliphatic rings. The average molecular weight is 192 g/mol. The molecule has 0 fully saturated rings. The van der Waals surface area contributed by atoms with Gasteiger partial charge in [0.1, 0.15) is 0 Å². The molecule has 0 saturated heterocycles. The van der Waals surface area contributed by atoms with Crippen molar-refractivity contribution in [2.75, 3.05) is 6.54 Å². The van der Waals surface area contributed by atoms with Crippen molar-refractivity contribution >= 4 is 6.41 Å². The van der Waals surface area contributed by atoms with Crippen molar-refractivity contribution in [1.29, 1.82) is 0 Å². The molecular formula is C11H16N2O. The van der Waals surface area contributed by atoms with Crippen LogP contribution in [0.4, 0.5) is 0 Å². The number of nitrogens with zero attached hydrogens (tertiary/aromatic N) is 1. The largest absolute Gasteiger partial charge is 0.283 e. The highest BCUT2D eigenvalue weighted by molar-refractivity contribution is 5.45. The minimum Gasteiger partial charge on any atom is -0.283 e. The summed E-state index contributed by atoms with van der Waals surface area (Å²) in [6, 6.07) is 10.3. The maximum absolute atomic E-state index is 10.2. The van der Waals surface area contributed by atoms with E-state index in [2.05, 4.69) is 12.1 Å². The Morgan fingerprint density at radius 3 is 2.57 bits per heavy atom. The number of benzene rings is 1. The van der Waals surface area contributed by atoms with Crippen LogP contribution in [-0.2, 0) is 11.2 Å². The van der Waals surface area contributed by atoms with Crippen LogP contribution in [-0.4, -0.2) is 18.0 Å². The van der Waals surface area contributed by atoms with Crippen molar-refractivity contribution in [1.82, 2.24) is 5.01 Å². The number of aryl methyl sites for hydroxylation is 1. The predicted octanol–water partition coefficient (Wildman–Crippen LogP) is 1.34. The molecule has 0 spiro atoms. The minimum absolute atomic E-state index is 0.635. The van der Waals surface area contributed by atoms with E-state index in [0.717, 1.165) is 19.3 Å². The molecule has 2 N–H and O–H groups in total. The first-order valence-corrected chi connectivity index (χ1v) is 4.83. The standard InChI is InChI=1S/C11H16N2O/c12-13(10-14)9-5-4-8-11-6-2-1-3-7-11/h1-3,6-7,10H,4-5,8-9,12H2. The summed E-state index contributed by atoms with van der Waals surface area (Å²) in [6.45, 7) is 0.635. The second kappa shape index (κ2) is 6.16. The maximum atomic E-state index is 10.2. The van der Waals surface area contributed by atoms with Gasteiger partial charge in [0.05, 0.1) is 0 Å². The van der Waals surface area contributed by atoms with Crippen molar-refractivity contribution in [3.05, 3.63) is 35.9 Å². The quantitative estimate of drug-likeness (QED) is 0.243. The number of carbonyl (C=O) groups excluding carboxylic acids is 1. The van der Waals surface area contributed by atoms with Gasteiger partial charge < -0.3 is 0 Å². The Labute approximate surface area is 84.5 Å². The number of nitrogens with two attached hydrogens (primary N) is 1. The van der Waals surface area contributed by atoms with Crippen LogP contribution in [0.15, 0.2) is 30.3 Å². The van der Waals surface area contributed by atoms with Crippen LogP contribution < -0.4 is 5.84 Å². The van der Waals surface area contributed by atoms with Crippen LogP contribution in [0.3, 0.4) is 0 Å². The topological polar surface area (TPSA) is 46.3 Å². The van der Waals surface area contributed by atoms with Crippen LogP contribution in [0, 0.1) is 0 Å². The fourth-order valence-corrected chi connectivity index (χ4v) is 1.32. The normalized spacial score (nSPS) is 9.79. The number of hydrazine groups is 1. The lowest BCUT2D eigenvalue weighted by molar-refractivity contribution is -0.118. The van der Waals surface area contributed by atoms with E-state index in [4.69, 9.17) is 5.84 Å². The molecule has 1 rings (SSSR count). The lowest BCUT2D eigenvalue weighted by atomic mass is 10.1. The first-order valence-electron chi connectivity index (χ1n) is 4.83. The summed E-state index contributed by atoms with van der Waals surface area (Å²) in [5.74, 6) is 5.32. The molecule has 1 aromatic carbocycles. The van der Waals surface area contributed by atoms with Crippen molar-refractivity contribution in [2.45, 2.75) is 19.3 Å². The third kappa shape index (κ3) is 4.05. The molecule has 0 bridgehead atoms. The molecule has 0 radical (unpaired) electrons. The lowest BCUT2D eigenvalue weighted by Gasteiger charge is -2.08. The molecule has 0 saturated carbocycles. The van der Waals surface area contributed by atoms with E-state index in [1.54, 1.807) is 0 Å². The van der Waals surface area contributed by atoms with Crippen LogP contribution in [0.25, 0.3) is 0 Å². The van der Waals surface area contributed by atoms with E-state index in [9.17, 15) is 4.79 Å². The van der Waals surface area contributed by atoms with Gasteiger partial charge in [-0.25, -0.2) is 5.84 Å². The zero-order chi connectivity index (χ0) is 10.2. The number of unbranched alkanes of at least 4 members (excludes halogenated alkanes) is 1. The van der Waals surface area contributed by atoms with E-state index in [1.165, 1.54) is 10.6 Å². The molecule has 1 aromatic rings. The second-order valence-corrected chi connectivity index (χ2v) is 3.29. The van der Waals surface area contributed by atoms with Gasteiger partial charge in [-0.3, -0.25) is 9.80 Å². The van der Waals surface area contributed by atoms with Crippen molar-refractivity contribution in [2.24, 2.45) is 5.84 Å². The molecule has 14 heavy (non-hydrogen) atoms. The average Bonchev–Trinajstić information content (AvgIpc) is 2.25. The molecule has 0 unspecified atom stereocenters. The zero-order valence-corrected chi connectivity index (χ0v) is 8.23. The molecule has 3 heteroatoms. The molecule has 0 atom stereocenters. The van der Waals surface area contributed by atoms with Crippen LogP contribution in [0.5, 0.6) is 0 Å². The van der Waals surface area contributed by atoms with Gasteiger partial charge in [0.2, 0.25) is 6.41 Å². The molecule has 1 amide bonds. The molecule has 0 aliphatic heterocycles. The van der Waals surface area contributed by atoms with Gasteiger partial charge in [0.15, 0.2) is 0 Å². The molecule has 3 nitrogen and oxygen atoms in total. The summed E-state index contributed by atoms with van der Waals surface area (Å²) in [6.07, 6.45) is 3.71. The van der Waals surface area contributed by atoms with Gasteiger partial charge in [-0.05, 0) is 24.8 Å². The smallest absolute Gasteiger partial charge is 0.223 e. The van der Waals surface area contributed by atoms with Gasteiger partial charge in [-0.1, -0.05) is 30.3 Å². The third-order valence-electron chi connectivity index (χ3n) is 2.11. The Kier molecular flexibility index (Phi) is 4.72. The number of amides is 1. The molecular weight excluding hydrogens is 176 g/mol. The minimum atomic E-state index is 0.635. The fraction of sp³-hybridized carbons (Fsp3) is 0.364. The van der Waals surface area contributed by atoms with Crippen LogP contribution >= 0.6 is 0 Å².